The van der Waals surface area contributed by atoms with E-state index in [4.69, 9.17) is 9.84 Å². The van der Waals surface area contributed by atoms with E-state index in [9.17, 15) is 24.3 Å². The summed E-state index contributed by atoms with van der Waals surface area (Å²) < 4.78 is 5.03. The third-order valence-corrected chi connectivity index (χ3v) is 5.49. The topological polar surface area (TPSA) is 163 Å². The van der Waals surface area contributed by atoms with Crippen molar-refractivity contribution in [3.63, 3.8) is 0 Å². The van der Waals surface area contributed by atoms with Crippen LogP contribution in [-0.4, -0.2) is 78.1 Å². The first-order chi connectivity index (χ1) is 12.9. The van der Waals surface area contributed by atoms with Crippen LogP contribution in [0.2, 0.25) is 0 Å². The average Bonchev–Trinajstić information content (AvgIpc) is 3.26. The molecular weight excluding hydrogens is 380 g/mol. The predicted octanol–water partition coefficient (Wildman–Crippen LogP) is -0.275. The monoisotopic (exact) mass is 396 g/mol. The van der Waals surface area contributed by atoms with Gasteiger partial charge < -0.3 is 19.8 Å². The number of aromatic nitrogens is 3. The second-order valence-corrected chi connectivity index (χ2v) is 6.98. The highest BCUT2D eigenvalue weighted by Gasteiger charge is 2.54. The lowest BCUT2D eigenvalue weighted by Crippen LogP contribution is -2.56. The number of carbonyl (C=O) groups is 4. The van der Waals surface area contributed by atoms with Gasteiger partial charge in [-0.1, -0.05) is 0 Å². The summed E-state index contributed by atoms with van der Waals surface area (Å²) in [4.78, 5) is 47.1. The number of fused-ring (bicyclic) bond motifs is 1. The van der Waals surface area contributed by atoms with Gasteiger partial charge >= 0.3 is 17.9 Å². The number of nitrogens with one attached hydrogen (secondary N) is 1. The van der Waals surface area contributed by atoms with Crippen LogP contribution < -0.4 is 0 Å². The maximum atomic E-state index is 12.5. The second kappa shape index (κ2) is 7.78. The van der Waals surface area contributed by atoms with E-state index in [2.05, 4.69) is 15.4 Å². The van der Waals surface area contributed by atoms with Gasteiger partial charge in [-0.3, -0.25) is 14.4 Å². The van der Waals surface area contributed by atoms with Gasteiger partial charge in [-0.2, -0.15) is 15.4 Å². The largest absolute Gasteiger partial charge is 0.481 e. The number of hydrogen-bond donors (Lipinski definition) is 3. The highest BCUT2D eigenvalue weighted by atomic mass is 32.2. The Kier molecular flexibility index (Phi) is 5.44. The zero-order valence-electron chi connectivity index (χ0n) is 14.0. The summed E-state index contributed by atoms with van der Waals surface area (Å²) in [6.07, 6.45) is 1.04. The number of carbonyl (C=O) groups excluding carboxylic acids is 2. The minimum atomic E-state index is -1.09. The van der Waals surface area contributed by atoms with Crippen LogP contribution in [0.5, 0.6) is 0 Å². The van der Waals surface area contributed by atoms with Crippen LogP contribution in [0.25, 0.3) is 5.57 Å². The molecule has 0 aromatic carbocycles. The summed E-state index contributed by atoms with van der Waals surface area (Å²) in [5, 5.41) is 27.5. The number of thioether (sulfide) groups is 1. The quantitative estimate of drug-likeness (QED) is 0.303. The molecule has 2 fully saturated rings. The maximum Gasteiger partial charge on any atom is 0.327 e. The van der Waals surface area contributed by atoms with E-state index in [0.29, 0.717) is 22.6 Å². The smallest absolute Gasteiger partial charge is 0.327 e. The molecule has 2 atom stereocenters. The standard InChI is InChI=1S/C15H16N4O7S/c20-10(21)1-2-11(22)26-4-3-7(8-5-16-18-17-8)12-13(23)19-9(15(24)25)6-27-14(12)19/h5,9,14H,1-4,6H2,(H,20,21)(H,24,25)(H,16,17,18)/b12-7-/t9?,14-/m1/s1. The van der Waals surface area contributed by atoms with Crippen LogP contribution in [0.15, 0.2) is 11.8 Å². The van der Waals surface area contributed by atoms with Gasteiger partial charge in [0, 0.05) is 12.2 Å². The molecule has 12 heteroatoms. The first-order valence-corrected chi connectivity index (χ1v) is 9.08. The lowest BCUT2D eigenvalue weighted by Gasteiger charge is -2.39. The van der Waals surface area contributed by atoms with Crippen molar-refractivity contribution < 1.29 is 34.1 Å². The molecule has 1 aromatic heterocycles. The molecule has 144 valence electrons. The normalized spacial score (nSPS) is 22.8. The van der Waals surface area contributed by atoms with Gasteiger partial charge in [-0.25, -0.2) is 4.79 Å². The van der Waals surface area contributed by atoms with Crippen molar-refractivity contribution in [2.45, 2.75) is 30.7 Å². The highest BCUT2D eigenvalue weighted by molar-refractivity contribution is 8.00. The van der Waals surface area contributed by atoms with Crippen LogP contribution in [-0.2, 0) is 23.9 Å². The number of carboxylic acid groups (broad SMARTS) is 2. The molecule has 2 aliphatic heterocycles. The fourth-order valence-corrected chi connectivity index (χ4v) is 4.40. The Morgan fingerprint density at radius 2 is 2.07 bits per heavy atom. The molecule has 3 heterocycles. The van der Waals surface area contributed by atoms with Gasteiger partial charge in [0.05, 0.1) is 31.2 Å². The molecule has 1 aromatic rings. The molecule has 3 rings (SSSR count). The minimum Gasteiger partial charge on any atom is -0.481 e. The molecule has 0 spiro atoms. The molecular formula is C15H16N4O7S. The summed E-state index contributed by atoms with van der Waals surface area (Å²) in [6.45, 7) is -0.0584. The average molecular weight is 396 g/mol. The van der Waals surface area contributed by atoms with E-state index in [-0.39, 0.29) is 37.2 Å². The van der Waals surface area contributed by atoms with Gasteiger partial charge in [-0.05, 0) is 5.57 Å². The van der Waals surface area contributed by atoms with Crippen LogP contribution in [0.1, 0.15) is 25.0 Å². The third-order valence-electron chi connectivity index (χ3n) is 4.20. The van der Waals surface area contributed by atoms with Crippen LogP contribution >= 0.6 is 11.8 Å². The van der Waals surface area contributed by atoms with E-state index >= 15 is 0 Å². The number of aromatic amines is 1. The number of β-lactam (4-membered cyclic amide) rings is 1. The first-order valence-electron chi connectivity index (χ1n) is 8.03. The number of hydrogen-bond acceptors (Lipinski definition) is 8. The van der Waals surface area contributed by atoms with Crippen LogP contribution in [0.3, 0.4) is 0 Å². The molecule has 1 unspecified atom stereocenters. The first kappa shape index (κ1) is 18.9. The van der Waals surface area contributed by atoms with Crippen molar-refractivity contribution in [1.29, 1.82) is 0 Å². The fraction of sp³-hybridized carbons (Fsp3) is 0.467. The van der Waals surface area contributed by atoms with Crippen molar-refractivity contribution in [2.24, 2.45) is 0 Å². The number of rotatable bonds is 8. The van der Waals surface area contributed by atoms with Gasteiger partial charge in [-0.15, -0.1) is 11.8 Å². The number of aliphatic carboxylic acids is 2. The number of esters is 1. The van der Waals surface area contributed by atoms with E-state index < -0.39 is 23.9 Å². The van der Waals surface area contributed by atoms with Crippen molar-refractivity contribution in [3.05, 3.63) is 17.5 Å². The number of nitrogens with zero attached hydrogens (tertiary/aromatic N) is 3. The highest BCUT2D eigenvalue weighted by Crippen LogP contribution is 2.46. The molecule has 0 bridgehead atoms. The van der Waals surface area contributed by atoms with E-state index in [1.807, 2.05) is 0 Å². The molecule has 0 saturated carbocycles. The van der Waals surface area contributed by atoms with Gasteiger partial charge in [0.15, 0.2) is 0 Å². The SMILES string of the molecule is O=C(O)CCC(=O)OCC/C(=C1\C(=O)N2C(C(=O)O)CS[C@H]12)c1cn[nH]n1. The molecule has 0 radical (unpaired) electrons. The van der Waals surface area contributed by atoms with Gasteiger partial charge in [0.25, 0.3) is 5.91 Å². The van der Waals surface area contributed by atoms with Crippen molar-refractivity contribution in [2.75, 3.05) is 12.4 Å². The Balaban J connectivity index is 1.71. The van der Waals surface area contributed by atoms with E-state index in [1.54, 1.807) is 0 Å². The molecule has 0 aliphatic carbocycles. The molecule has 2 aliphatic rings. The summed E-state index contributed by atoms with van der Waals surface area (Å²) in [7, 11) is 0. The fourth-order valence-electron chi connectivity index (χ4n) is 2.92. The lowest BCUT2D eigenvalue weighted by atomic mass is 9.93. The molecule has 27 heavy (non-hydrogen) atoms. The lowest BCUT2D eigenvalue weighted by molar-refractivity contribution is -0.150. The number of carboxylic acids is 2. The Hall–Kier alpha value is -2.89. The van der Waals surface area contributed by atoms with Crippen LogP contribution in [0.4, 0.5) is 0 Å². The summed E-state index contributed by atoms with van der Waals surface area (Å²) in [6, 6.07) is -0.858. The molecule has 11 nitrogen and oxygen atoms in total. The Bertz CT molecular complexity index is 807. The number of ether oxygens (including phenoxy) is 1. The second-order valence-electron chi connectivity index (χ2n) is 5.86. The Labute approximate surface area is 156 Å². The van der Waals surface area contributed by atoms with Gasteiger partial charge in [0.2, 0.25) is 0 Å². The molecule has 1 amide bonds. The molecule has 2 saturated heterocycles. The van der Waals surface area contributed by atoms with E-state index in [0.717, 1.165) is 0 Å². The Morgan fingerprint density at radius 3 is 2.70 bits per heavy atom. The van der Waals surface area contributed by atoms with Crippen LogP contribution in [0, 0.1) is 0 Å². The predicted molar refractivity (Wildman–Crippen MR) is 90.3 cm³/mol. The third kappa shape index (κ3) is 3.79. The minimum absolute atomic E-state index is 0.0584. The summed E-state index contributed by atoms with van der Waals surface area (Å²) >= 11 is 1.35. The summed E-state index contributed by atoms with van der Waals surface area (Å²) in [5.74, 6) is -2.88. The maximum absolute atomic E-state index is 12.5. The zero-order chi connectivity index (χ0) is 19.6. The number of H-pyrrole nitrogens is 1. The molecule has 3 N–H and O–H groups in total. The summed E-state index contributed by atoms with van der Waals surface area (Å²) in [5.41, 5.74) is 1.37. The Morgan fingerprint density at radius 1 is 1.30 bits per heavy atom. The van der Waals surface area contributed by atoms with Gasteiger partial charge in [0.1, 0.15) is 17.1 Å². The van der Waals surface area contributed by atoms with Crippen molar-refractivity contribution in [3.8, 4) is 0 Å². The number of amides is 1. The van der Waals surface area contributed by atoms with Crippen molar-refractivity contribution >= 4 is 41.2 Å². The zero-order valence-corrected chi connectivity index (χ0v) is 14.8. The van der Waals surface area contributed by atoms with Crippen molar-refractivity contribution in [1.82, 2.24) is 20.3 Å². The van der Waals surface area contributed by atoms with E-state index in [1.165, 1.54) is 22.9 Å².